The molecular formula is C30H46O4Si2. The van der Waals surface area contributed by atoms with Crippen LogP contribution in [0.5, 0.6) is 17.2 Å². The number of rotatable bonds is 7. The molecule has 0 bridgehead atoms. The Bertz CT molecular complexity index is 1100. The second-order valence-electron chi connectivity index (χ2n) is 13.2. The summed E-state index contributed by atoms with van der Waals surface area (Å²) >= 11 is 0. The molecule has 0 saturated carbocycles. The van der Waals surface area contributed by atoms with E-state index in [4.69, 9.17) is 8.85 Å². The minimum atomic E-state index is -2.01. The van der Waals surface area contributed by atoms with Crippen LogP contribution in [0.2, 0.25) is 36.3 Å². The SMILES string of the molecule is CC(C)(C)[Si](C)(C)Oc1ccc(C(O)C2=C(c3cc(O[Si](C)(C)C(C)(C)C)ccc3O)CCC2)cc1. The lowest BCUT2D eigenvalue weighted by Crippen LogP contribution is -2.43. The Labute approximate surface area is 220 Å². The number of phenols is 1. The standard InChI is InChI=1S/C30H46O4Si2/c1-29(2,3)35(7,8)33-22-16-14-21(15-17-22)28(32)25-13-11-12-24(25)26-20-23(18-19-27(26)31)34-36(9,10)30(4,5)6/h14-20,28,31-32H,11-13H2,1-10H3. The van der Waals surface area contributed by atoms with Gasteiger partial charge >= 0.3 is 0 Å². The van der Waals surface area contributed by atoms with E-state index < -0.39 is 22.7 Å². The molecule has 0 fully saturated rings. The van der Waals surface area contributed by atoms with E-state index in [1.165, 1.54) is 0 Å². The average Bonchev–Trinajstić information content (AvgIpc) is 3.22. The average molecular weight is 527 g/mol. The zero-order chi connectivity index (χ0) is 27.1. The number of aliphatic hydroxyl groups is 1. The number of aliphatic hydroxyl groups excluding tert-OH is 1. The number of allylic oxidation sites excluding steroid dienone is 1. The Morgan fingerprint density at radius 1 is 0.750 bits per heavy atom. The van der Waals surface area contributed by atoms with Crippen LogP contribution < -0.4 is 8.85 Å². The molecule has 0 saturated heterocycles. The van der Waals surface area contributed by atoms with Crippen LogP contribution in [-0.2, 0) is 0 Å². The molecule has 2 aromatic carbocycles. The van der Waals surface area contributed by atoms with Gasteiger partial charge < -0.3 is 19.1 Å². The highest BCUT2D eigenvalue weighted by molar-refractivity contribution is 6.75. The summed E-state index contributed by atoms with van der Waals surface area (Å²) in [7, 11) is -3.93. The van der Waals surface area contributed by atoms with Gasteiger partial charge in [-0.1, -0.05) is 53.7 Å². The Morgan fingerprint density at radius 2 is 1.25 bits per heavy atom. The number of hydrogen-bond donors (Lipinski definition) is 2. The van der Waals surface area contributed by atoms with Crippen molar-refractivity contribution in [2.45, 2.75) is 103 Å². The molecule has 0 spiro atoms. The van der Waals surface area contributed by atoms with Crippen molar-refractivity contribution in [1.82, 2.24) is 0 Å². The third kappa shape index (κ3) is 6.09. The third-order valence-corrected chi connectivity index (χ3v) is 17.2. The van der Waals surface area contributed by atoms with E-state index in [2.05, 4.69) is 67.7 Å². The van der Waals surface area contributed by atoms with Crippen LogP contribution in [0.3, 0.4) is 0 Å². The zero-order valence-corrected chi connectivity index (χ0v) is 26.0. The fourth-order valence-corrected chi connectivity index (χ4v) is 6.07. The quantitative estimate of drug-likeness (QED) is 0.354. The molecule has 36 heavy (non-hydrogen) atoms. The molecular weight excluding hydrogens is 480 g/mol. The fourth-order valence-electron chi connectivity index (χ4n) is 4.01. The van der Waals surface area contributed by atoms with Gasteiger partial charge in [-0.25, -0.2) is 0 Å². The monoisotopic (exact) mass is 526 g/mol. The zero-order valence-electron chi connectivity index (χ0n) is 24.0. The van der Waals surface area contributed by atoms with Gasteiger partial charge in [0.25, 0.3) is 0 Å². The van der Waals surface area contributed by atoms with Gasteiger partial charge in [0.2, 0.25) is 16.6 Å². The van der Waals surface area contributed by atoms with Crippen LogP contribution in [0, 0.1) is 0 Å². The predicted octanol–water partition coefficient (Wildman–Crippen LogP) is 8.83. The molecule has 6 heteroatoms. The molecule has 2 aromatic rings. The van der Waals surface area contributed by atoms with E-state index in [0.717, 1.165) is 53.0 Å². The van der Waals surface area contributed by atoms with E-state index in [0.29, 0.717) is 0 Å². The normalized spacial score (nSPS) is 16.3. The second kappa shape index (κ2) is 10.0. The first-order chi connectivity index (χ1) is 16.4. The number of benzene rings is 2. The first kappa shape index (κ1) is 28.5. The van der Waals surface area contributed by atoms with Gasteiger partial charge in [0.15, 0.2) is 0 Å². The van der Waals surface area contributed by atoms with E-state index in [9.17, 15) is 10.2 Å². The molecule has 0 aromatic heterocycles. The van der Waals surface area contributed by atoms with Crippen LogP contribution in [0.1, 0.15) is 78.0 Å². The van der Waals surface area contributed by atoms with Gasteiger partial charge in [0.05, 0.1) is 0 Å². The summed E-state index contributed by atoms with van der Waals surface area (Å²) in [6.45, 7) is 22.3. The molecule has 0 amide bonds. The smallest absolute Gasteiger partial charge is 0.250 e. The molecule has 1 unspecified atom stereocenters. The molecule has 0 radical (unpaired) electrons. The van der Waals surface area contributed by atoms with Crippen molar-refractivity contribution in [3.05, 3.63) is 59.2 Å². The molecule has 1 aliphatic carbocycles. The molecule has 2 N–H and O–H groups in total. The van der Waals surface area contributed by atoms with Crippen molar-refractivity contribution >= 4 is 22.2 Å². The highest BCUT2D eigenvalue weighted by atomic mass is 28.4. The Balaban J connectivity index is 1.89. The summed E-state index contributed by atoms with van der Waals surface area (Å²) in [5, 5.41) is 22.3. The van der Waals surface area contributed by atoms with Crippen molar-refractivity contribution in [1.29, 1.82) is 0 Å². The van der Waals surface area contributed by atoms with Crippen LogP contribution in [-0.4, -0.2) is 26.8 Å². The maximum absolute atomic E-state index is 11.4. The molecule has 1 aliphatic rings. The highest BCUT2D eigenvalue weighted by Gasteiger charge is 2.40. The van der Waals surface area contributed by atoms with E-state index in [1.807, 2.05) is 36.4 Å². The van der Waals surface area contributed by atoms with E-state index in [1.54, 1.807) is 6.07 Å². The number of aromatic hydroxyl groups is 1. The number of phenolic OH excluding ortho intramolecular Hbond substituents is 1. The Kier molecular flexibility index (Phi) is 7.95. The lowest BCUT2D eigenvalue weighted by Gasteiger charge is -2.36. The Morgan fingerprint density at radius 3 is 1.78 bits per heavy atom. The summed E-state index contributed by atoms with van der Waals surface area (Å²) in [4.78, 5) is 0. The molecule has 3 rings (SSSR count). The van der Waals surface area contributed by atoms with Crippen molar-refractivity contribution < 1.29 is 19.1 Å². The minimum Gasteiger partial charge on any atom is -0.544 e. The first-order valence-electron chi connectivity index (χ1n) is 13.1. The van der Waals surface area contributed by atoms with E-state index >= 15 is 0 Å². The molecule has 1 atom stereocenters. The van der Waals surface area contributed by atoms with Crippen LogP contribution in [0.25, 0.3) is 5.57 Å². The van der Waals surface area contributed by atoms with Gasteiger partial charge in [-0.15, -0.1) is 0 Å². The van der Waals surface area contributed by atoms with Crippen LogP contribution in [0.15, 0.2) is 48.0 Å². The minimum absolute atomic E-state index is 0.0828. The summed E-state index contributed by atoms with van der Waals surface area (Å²) in [5.74, 6) is 1.87. The van der Waals surface area contributed by atoms with Crippen molar-refractivity contribution in [2.75, 3.05) is 0 Å². The lowest BCUT2D eigenvalue weighted by molar-refractivity contribution is 0.213. The molecule has 198 valence electrons. The predicted molar refractivity (Wildman–Crippen MR) is 156 cm³/mol. The maximum atomic E-state index is 11.4. The number of hydrogen-bond acceptors (Lipinski definition) is 4. The Hall–Kier alpha value is -2.03. The topological polar surface area (TPSA) is 58.9 Å². The lowest BCUT2D eigenvalue weighted by atomic mass is 9.94. The van der Waals surface area contributed by atoms with Gasteiger partial charge in [0, 0.05) is 5.56 Å². The maximum Gasteiger partial charge on any atom is 0.250 e. The van der Waals surface area contributed by atoms with Crippen LogP contribution in [0.4, 0.5) is 0 Å². The van der Waals surface area contributed by atoms with Gasteiger partial charge in [-0.3, -0.25) is 0 Å². The van der Waals surface area contributed by atoms with Crippen molar-refractivity contribution in [3.63, 3.8) is 0 Å². The van der Waals surface area contributed by atoms with Gasteiger partial charge in [-0.2, -0.15) is 0 Å². The molecule has 4 nitrogen and oxygen atoms in total. The van der Waals surface area contributed by atoms with Crippen molar-refractivity contribution in [3.8, 4) is 17.2 Å². The molecule has 0 aliphatic heterocycles. The van der Waals surface area contributed by atoms with E-state index in [-0.39, 0.29) is 15.8 Å². The van der Waals surface area contributed by atoms with Gasteiger partial charge in [-0.05, 0) is 103 Å². The summed E-state index contributed by atoms with van der Waals surface area (Å²) in [6, 6.07) is 13.4. The first-order valence-corrected chi connectivity index (χ1v) is 19.0. The second-order valence-corrected chi connectivity index (χ2v) is 22.7. The largest absolute Gasteiger partial charge is 0.544 e. The summed E-state index contributed by atoms with van der Waals surface area (Å²) < 4.78 is 12.9. The molecule has 0 heterocycles. The fraction of sp³-hybridized carbons (Fsp3) is 0.533. The summed E-state index contributed by atoms with van der Waals surface area (Å²) in [5.41, 5.74) is 3.63. The summed E-state index contributed by atoms with van der Waals surface area (Å²) in [6.07, 6.45) is 1.89. The van der Waals surface area contributed by atoms with Crippen molar-refractivity contribution in [2.24, 2.45) is 0 Å². The highest BCUT2D eigenvalue weighted by Crippen LogP contribution is 2.45. The third-order valence-electron chi connectivity index (χ3n) is 8.44. The van der Waals surface area contributed by atoms with Gasteiger partial charge in [0.1, 0.15) is 23.4 Å². The van der Waals surface area contributed by atoms with Crippen LogP contribution >= 0.6 is 0 Å².